The summed E-state index contributed by atoms with van der Waals surface area (Å²) in [7, 11) is 1.73. The first-order valence-corrected chi connectivity index (χ1v) is 7.00. The van der Waals surface area contributed by atoms with Crippen LogP contribution in [0.4, 0.5) is 0 Å². The molecule has 94 valence electrons. The van der Waals surface area contributed by atoms with E-state index >= 15 is 0 Å². The molecule has 3 rings (SSSR count). The number of para-hydroxylation sites is 1. The first-order chi connectivity index (χ1) is 8.86. The van der Waals surface area contributed by atoms with Crippen LogP contribution in [0.3, 0.4) is 0 Å². The Labute approximate surface area is 111 Å². The third-order valence-corrected chi connectivity index (χ3v) is 4.20. The van der Waals surface area contributed by atoms with Gasteiger partial charge in [-0.05, 0) is 6.07 Å². The molecule has 18 heavy (non-hydrogen) atoms. The third-order valence-electron chi connectivity index (χ3n) is 3.34. The molecule has 0 bridgehead atoms. The summed E-state index contributed by atoms with van der Waals surface area (Å²) in [4.78, 5) is 8.27. The molecule has 0 N–H and O–H groups in total. The van der Waals surface area contributed by atoms with E-state index in [1.54, 1.807) is 18.4 Å². The van der Waals surface area contributed by atoms with Gasteiger partial charge < -0.3 is 4.74 Å². The Morgan fingerprint density at radius 2 is 2.28 bits per heavy atom. The maximum Gasteiger partial charge on any atom is 0.123 e. The molecule has 0 fully saturated rings. The predicted molar refractivity (Wildman–Crippen MR) is 72.9 cm³/mol. The molecule has 1 aromatic heterocycles. The number of rotatable bonds is 3. The van der Waals surface area contributed by atoms with Crippen molar-refractivity contribution in [3.8, 4) is 5.75 Å². The van der Waals surface area contributed by atoms with E-state index in [1.165, 1.54) is 16.1 Å². The van der Waals surface area contributed by atoms with Gasteiger partial charge in [-0.15, -0.1) is 11.3 Å². The van der Waals surface area contributed by atoms with E-state index in [0.717, 1.165) is 31.8 Å². The smallest absolute Gasteiger partial charge is 0.123 e. The van der Waals surface area contributed by atoms with Gasteiger partial charge in [0.2, 0.25) is 0 Å². The Morgan fingerprint density at radius 1 is 1.39 bits per heavy atom. The first-order valence-electron chi connectivity index (χ1n) is 6.12. The van der Waals surface area contributed by atoms with Crippen molar-refractivity contribution in [2.45, 2.75) is 19.5 Å². The Balaban J connectivity index is 1.74. The van der Waals surface area contributed by atoms with Crippen molar-refractivity contribution in [2.75, 3.05) is 13.7 Å². The lowest BCUT2D eigenvalue weighted by molar-refractivity contribution is 0.243. The number of benzene rings is 1. The summed E-state index contributed by atoms with van der Waals surface area (Å²) < 4.78 is 5.40. The highest BCUT2D eigenvalue weighted by Gasteiger charge is 2.19. The molecule has 0 amide bonds. The van der Waals surface area contributed by atoms with Crippen LogP contribution < -0.4 is 4.74 Å². The van der Waals surface area contributed by atoms with E-state index in [2.05, 4.69) is 22.0 Å². The van der Waals surface area contributed by atoms with E-state index < -0.39 is 0 Å². The molecule has 0 saturated heterocycles. The van der Waals surface area contributed by atoms with Gasteiger partial charge in [0.15, 0.2) is 0 Å². The number of methoxy groups -OCH3 is 1. The molecule has 0 aliphatic carbocycles. The molecule has 4 heteroatoms. The maximum atomic E-state index is 5.40. The van der Waals surface area contributed by atoms with E-state index in [1.807, 2.05) is 17.6 Å². The second-order valence-electron chi connectivity index (χ2n) is 4.49. The van der Waals surface area contributed by atoms with Crippen molar-refractivity contribution < 1.29 is 4.74 Å². The van der Waals surface area contributed by atoms with Crippen LogP contribution in [0.15, 0.2) is 29.8 Å². The fourth-order valence-electron chi connectivity index (χ4n) is 2.38. The fourth-order valence-corrected chi connectivity index (χ4v) is 3.24. The van der Waals surface area contributed by atoms with Crippen molar-refractivity contribution in [1.29, 1.82) is 0 Å². The average Bonchev–Trinajstić information content (AvgIpc) is 2.87. The summed E-state index contributed by atoms with van der Waals surface area (Å²) in [5.74, 6) is 0.979. The van der Waals surface area contributed by atoms with Gasteiger partial charge in [0.1, 0.15) is 5.75 Å². The van der Waals surface area contributed by atoms with Crippen molar-refractivity contribution in [3.63, 3.8) is 0 Å². The summed E-state index contributed by atoms with van der Waals surface area (Å²) in [5.41, 5.74) is 4.50. The molecule has 0 atom stereocenters. The summed E-state index contributed by atoms with van der Waals surface area (Å²) in [6.07, 6.45) is 1.06. The Kier molecular flexibility index (Phi) is 3.30. The molecule has 2 heterocycles. The Morgan fingerprint density at radius 3 is 3.17 bits per heavy atom. The largest absolute Gasteiger partial charge is 0.496 e. The van der Waals surface area contributed by atoms with Crippen molar-refractivity contribution in [2.24, 2.45) is 0 Å². The normalized spacial score (nSPS) is 15.4. The minimum atomic E-state index is 0.946. The molecule has 0 radical (unpaired) electrons. The molecule has 1 aliphatic heterocycles. The van der Waals surface area contributed by atoms with E-state index in [-0.39, 0.29) is 0 Å². The van der Waals surface area contributed by atoms with Crippen LogP contribution >= 0.6 is 11.3 Å². The van der Waals surface area contributed by atoms with E-state index in [9.17, 15) is 0 Å². The van der Waals surface area contributed by atoms with E-state index in [4.69, 9.17) is 4.74 Å². The zero-order valence-electron chi connectivity index (χ0n) is 10.4. The zero-order chi connectivity index (χ0) is 12.4. The number of hydrogen-bond donors (Lipinski definition) is 0. The molecule has 3 nitrogen and oxygen atoms in total. The van der Waals surface area contributed by atoms with Crippen molar-refractivity contribution in [3.05, 3.63) is 45.9 Å². The summed E-state index contributed by atoms with van der Waals surface area (Å²) in [6.45, 7) is 3.04. The van der Waals surface area contributed by atoms with Crippen molar-refractivity contribution >= 4 is 11.3 Å². The van der Waals surface area contributed by atoms with Gasteiger partial charge in [0.05, 0.1) is 18.3 Å². The molecule has 1 aliphatic rings. The van der Waals surface area contributed by atoms with Crippen LogP contribution in [0.1, 0.15) is 16.1 Å². The number of hydrogen-bond acceptors (Lipinski definition) is 4. The fraction of sp³-hybridized carbons (Fsp3) is 0.357. The second kappa shape index (κ2) is 5.08. The summed E-state index contributed by atoms with van der Waals surface area (Å²) >= 11 is 1.77. The zero-order valence-corrected chi connectivity index (χ0v) is 11.2. The van der Waals surface area contributed by atoms with Gasteiger partial charge in [0.25, 0.3) is 0 Å². The molecule has 0 unspecified atom stereocenters. The quantitative estimate of drug-likeness (QED) is 0.848. The van der Waals surface area contributed by atoms with Gasteiger partial charge in [-0.1, -0.05) is 18.2 Å². The number of aromatic nitrogens is 1. The number of thiazole rings is 1. The monoisotopic (exact) mass is 260 g/mol. The molecule has 1 aromatic carbocycles. The van der Waals surface area contributed by atoms with Crippen LogP contribution in [-0.2, 0) is 19.5 Å². The summed E-state index contributed by atoms with van der Waals surface area (Å²) in [5, 5.41) is 0. The molecular weight excluding hydrogens is 244 g/mol. The van der Waals surface area contributed by atoms with Crippen LogP contribution in [0, 0.1) is 0 Å². The predicted octanol–water partition coefficient (Wildman–Crippen LogP) is 2.71. The van der Waals surface area contributed by atoms with Crippen LogP contribution in [0.2, 0.25) is 0 Å². The Bertz CT molecular complexity index is 538. The Hall–Kier alpha value is -1.39. The standard InChI is InChI=1S/C14H16N2OS/c1-17-13-5-3-2-4-11(13)8-16-7-6-12-14(9-16)18-10-15-12/h2-5,10H,6-9H2,1H3. The highest BCUT2D eigenvalue weighted by Crippen LogP contribution is 2.25. The summed E-state index contributed by atoms with van der Waals surface area (Å²) in [6, 6.07) is 8.25. The molecule has 2 aromatic rings. The lowest BCUT2D eigenvalue weighted by atomic mass is 10.1. The molecule has 0 spiro atoms. The topological polar surface area (TPSA) is 25.4 Å². The lowest BCUT2D eigenvalue weighted by Crippen LogP contribution is -2.29. The minimum Gasteiger partial charge on any atom is -0.496 e. The number of nitrogens with zero attached hydrogens (tertiary/aromatic N) is 2. The van der Waals surface area contributed by atoms with Crippen LogP contribution in [0.5, 0.6) is 5.75 Å². The minimum absolute atomic E-state index is 0.946. The van der Waals surface area contributed by atoms with Gasteiger partial charge in [-0.25, -0.2) is 4.98 Å². The van der Waals surface area contributed by atoms with Crippen LogP contribution in [0.25, 0.3) is 0 Å². The lowest BCUT2D eigenvalue weighted by Gasteiger charge is -2.26. The first kappa shape index (κ1) is 11.7. The highest BCUT2D eigenvalue weighted by atomic mass is 32.1. The average molecular weight is 260 g/mol. The highest BCUT2D eigenvalue weighted by molar-refractivity contribution is 7.09. The SMILES string of the molecule is COc1ccccc1CN1CCc2ncsc2C1. The van der Waals surface area contributed by atoms with Crippen LogP contribution in [-0.4, -0.2) is 23.5 Å². The molecule has 0 saturated carbocycles. The number of fused-ring (bicyclic) bond motifs is 1. The van der Waals surface area contributed by atoms with Gasteiger partial charge in [-0.2, -0.15) is 0 Å². The van der Waals surface area contributed by atoms with Gasteiger partial charge in [0, 0.05) is 36.5 Å². The molecular formula is C14H16N2OS. The second-order valence-corrected chi connectivity index (χ2v) is 5.43. The van der Waals surface area contributed by atoms with E-state index in [0.29, 0.717) is 0 Å². The van der Waals surface area contributed by atoms with Crippen molar-refractivity contribution in [1.82, 2.24) is 9.88 Å². The van der Waals surface area contributed by atoms with Gasteiger partial charge >= 0.3 is 0 Å². The number of ether oxygens (including phenoxy) is 1. The maximum absolute atomic E-state index is 5.40. The van der Waals surface area contributed by atoms with Gasteiger partial charge in [-0.3, -0.25) is 4.90 Å². The third kappa shape index (κ3) is 2.26.